The normalized spacial score (nSPS) is 12.6. The molecule has 0 fully saturated rings. The van der Waals surface area contributed by atoms with Crippen molar-refractivity contribution < 1.29 is 0 Å². The van der Waals surface area contributed by atoms with Crippen LogP contribution in [0.25, 0.3) is 0 Å². The molecule has 1 unspecified atom stereocenters. The van der Waals surface area contributed by atoms with Crippen molar-refractivity contribution >= 4 is 16.5 Å². The first-order valence-corrected chi connectivity index (χ1v) is 7.68. The molecule has 0 aliphatic carbocycles. The van der Waals surface area contributed by atoms with E-state index in [4.69, 9.17) is 0 Å². The Hall–Kier alpha value is -1.35. The molecule has 0 radical (unpaired) electrons. The van der Waals surface area contributed by atoms with Gasteiger partial charge in [-0.25, -0.2) is 4.98 Å². The van der Waals surface area contributed by atoms with Gasteiger partial charge in [-0.05, 0) is 24.8 Å². The summed E-state index contributed by atoms with van der Waals surface area (Å²) in [6, 6.07) is 10.8. The third-order valence-corrected chi connectivity index (χ3v) is 4.02. The summed E-state index contributed by atoms with van der Waals surface area (Å²) in [4.78, 5) is 5.62. The summed E-state index contributed by atoms with van der Waals surface area (Å²) in [6.07, 6.45) is 3.12. The van der Waals surface area contributed by atoms with Crippen molar-refractivity contribution in [3.8, 4) is 0 Å². The highest BCUT2D eigenvalue weighted by molar-refractivity contribution is 7.15. The lowest BCUT2D eigenvalue weighted by Gasteiger charge is -2.19. The van der Waals surface area contributed by atoms with Crippen LogP contribution in [0.4, 0.5) is 5.13 Å². The van der Waals surface area contributed by atoms with Gasteiger partial charge in [0, 0.05) is 23.5 Å². The second-order valence-corrected chi connectivity index (χ2v) is 6.63. The highest BCUT2D eigenvalue weighted by atomic mass is 32.1. The molecule has 0 bridgehead atoms. The van der Waals surface area contributed by atoms with Crippen LogP contribution in [0.3, 0.4) is 0 Å². The predicted molar refractivity (Wildman–Crippen MR) is 84.0 cm³/mol. The molecule has 0 saturated heterocycles. The van der Waals surface area contributed by atoms with Gasteiger partial charge in [0.05, 0.1) is 0 Å². The minimum atomic E-state index is 0.547. The number of rotatable bonds is 6. The molecule has 0 amide bonds. The summed E-state index contributed by atoms with van der Waals surface area (Å²) in [7, 11) is 0. The van der Waals surface area contributed by atoms with Gasteiger partial charge in [-0.2, -0.15) is 0 Å². The highest BCUT2D eigenvalue weighted by Gasteiger charge is 2.13. The van der Waals surface area contributed by atoms with Gasteiger partial charge >= 0.3 is 0 Å². The van der Waals surface area contributed by atoms with E-state index in [9.17, 15) is 0 Å². The molecule has 1 aromatic carbocycles. The van der Waals surface area contributed by atoms with Crippen molar-refractivity contribution in [3.63, 3.8) is 0 Å². The third kappa shape index (κ3) is 4.35. The molecule has 2 aromatic rings. The Morgan fingerprint density at radius 1 is 1.21 bits per heavy atom. The van der Waals surface area contributed by atoms with Crippen LogP contribution in [0, 0.1) is 12.8 Å². The number of thiazole rings is 1. The molecule has 0 saturated carbocycles. The lowest BCUT2D eigenvalue weighted by Crippen LogP contribution is -2.14. The maximum atomic E-state index is 4.37. The maximum absolute atomic E-state index is 4.37. The molecule has 3 heteroatoms. The number of aryl methyl sites for hydroxylation is 1. The van der Waals surface area contributed by atoms with Crippen molar-refractivity contribution in [2.75, 3.05) is 11.9 Å². The monoisotopic (exact) mass is 274 g/mol. The summed E-state index contributed by atoms with van der Waals surface area (Å²) in [5, 5.41) is 4.51. The molecule has 0 spiro atoms. The number of aromatic nitrogens is 1. The molecule has 0 aliphatic heterocycles. The molecular weight excluding hydrogens is 252 g/mol. The average molecular weight is 274 g/mol. The van der Waals surface area contributed by atoms with E-state index in [1.165, 1.54) is 16.9 Å². The van der Waals surface area contributed by atoms with Crippen LogP contribution in [-0.2, 0) is 0 Å². The molecule has 19 heavy (non-hydrogen) atoms. The Labute approximate surface area is 119 Å². The largest absolute Gasteiger partial charge is 0.361 e. The van der Waals surface area contributed by atoms with Crippen LogP contribution in [0.2, 0.25) is 0 Å². The van der Waals surface area contributed by atoms with E-state index in [1.807, 2.05) is 6.20 Å². The highest BCUT2D eigenvalue weighted by Crippen LogP contribution is 2.25. The molecule has 1 aromatic heterocycles. The van der Waals surface area contributed by atoms with Gasteiger partial charge in [0.1, 0.15) is 0 Å². The number of nitrogens with one attached hydrogen (secondary N) is 1. The van der Waals surface area contributed by atoms with Crippen molar-refractivity contribution in [1.82, 2.24) is 4.98 Å². The Balaban J connectivity index is 2.02. The number of hydrogen-bond acceptors (Lipinski definition) is 3. The standard InChI is InChI=1S/C16H22N2S/c1-12(2)9-15(14-7-5-4-6-8-14)11-18-16-17-10-13(3)19-16/h4-8,10,12,15H,9,11H2,1-3H3,(H,17,18). The minimum Gasteiger partial charge on any atom is -0.361 e. The molecule has 2 rings (SSSR count). The van der Waals surface area contributed by atoms with Crippen LogP contribution in [-0.4, -0.2) is 11.5 Å². The second-order valence-electron chi connectivity index (χ2n) is 5.39. The van der Waals surface area contributed by atoms with Gasteiger partial charge in [0.15, 0.2) is 5.13 Å². The minimum absolute atomic E-state index is 0.547. The first-order chi connectivity index (χ1) is 9.15. The van der Waals surface area contributed by atoms with E-state index >= 15 is 0 Å². The van der Waals surface area contributed by atoms with Gasteiger partial charge in [0.25, 0.3) is 0 Å². The number of hydrogen-bond donors (Lipinski definition) is 1. The molecule has 1 heterocycles. The van der Waals surface area contributed by atoms with E-state index in [0.717, 1.165) is 11.7 Å². The van der Waals surface area contributed by atoms with E-state index in [0.29, 0.717) is 11.8 Å². The third-order valence-electron chi connectivity index (χ3n) is 3.15. The van der Waals surface area contributed by atoms with Gasteiger partial charge in [0.2, 0.25) is 0 Å². The zero-order valence-electron chi connectivity index (χ0n) is 11.9. The van der Waals surface area contributed by atoms with Crippen molar-refractivity contribution in [1.29, 1.82) is 0 Å². The molecule has 0 aliphatic rings. The van der Waals surface area contributed by atoms with Gasteiger partial charge < -0.3 is 5.32 Å². The summed E-state index contributed by atoms with van der Waals surface area (Å²) in [5.41, 5.74) is 1.41. The number of nitrogens with zero attached hydrogens (tertiary/aromatic N) is 1. The van der Waals surface area contributed by atoms with Gasteiger partial charge in [-0.3, -0.25) is 0 Å². The smallest absolute Gasteiger partial charge is 0.182 e. The lowest BCUT2D eigenvalue weighted by atomic mass is 9.90. The van der Waals surface area contributed by atoms with Crippen LogP contribution in [0.1, 0.15) is 36.6 Å². The molecule has 1 atom stereocenters. The Morgan fingerprint density at radius 3 is 2.53 bits per heavy atom. The summed E-state index contributed by atoms with van der Waals surface area (Å²) >= 11 is 1.72. The maximum Gasteiger partial charge on any atom is 0.182 e. The number of benzene rings is 1. The molecule has 102 valence electrons. The molecular formula is C16H22N2S. The van der Waals surface area contributed by atoms with Crippen LogP contribution >= 0.6 is 11.3 Å². The molecule has 2 nitrogen and oxygen atoms in total. The van der Waals surface area contributed by atoms with Gasteiger partial charge in [-0.15, -0.1) is 11.3 Å². The average Bonchev–Trinajstić information content (AvgIpc) is 2.81. The lowest BCUT2D eigenvalue weighted by molar-refractivity contribution is 0.512. The fourth-order valence-corrected chi connectivity index (χ4v) is 2.95. The van der Waals surface area contributed by atoms with E-state index < -0.39 is 0 Å². The summed E-state index contributed by atoms with van der Waals surface area (Å²) in [5.74, 6) is 1.25. The Kier molecular flexibility index (Phi) is 4.97. The SMILES string of the molecule is Cc1cnc(NCC(CC(C)C)c2ccccc2)s1. The van der Waals surface area contributed by atoms with E-state index in [-0.39, 0.29) is 0 Å². The Bertz CT molecular complexity index is 490. The predicted octanol–water partition coefficient (Wildman–Crippen LogP) is 4.69. The number of anilines is 1. The molecule has 1 N–H and O–H groups in total. The zero-order chi connectivity index (χ0) is 13.7. The summed E-state index contributed by atoms with van der Waals surface area (Å²) in [6.45, 7) is 7.60. The van der Waals surface area contributed by atoms with Crippen LogP contribution in [0.15, 0.2) is 36.5 Å². The quantitative estimate of drug-likeness (QED) is 0.826. The topological polar surface area (TPSA) is 24.9 Å². The van der Waals surface area contributed by atoms with Crippen LogP contribution in [0.5, 0.6) is 0 Å². The van der Waals surface area contributed by atoms with E-state index in [2.05, 4.69) is 61.4 Å². The van der Waals surface area contributed by atoms with Crippen molar-refractivity contribution in [2.45, 2.75) is 33.1 Å². The summed E-state index contributed by atoms with van der Waals surface area (Å²) < 4.78 is 0. The van der Waals surface area contributed by atoms with Crippen molar-refractivity contribution in [3.05, 3.63) is 47.0 Å². The van der Waals surface area contributed by atoms with Gasteiger partial charge in [-0.1, -0.05) is 44.2 Å². The zero-order valence-corrected chi connectivity index (χ0v) is 12.7. The second kappa shape index (κ2) is 6.71. The van der Waals surface area contributed by atoms with Crippen LogP contribution < -0.4 is 5.32 Å². The first-order valence-electron chi connectivity index (χ1n) is 6.86. The van der Waals surface area contributed by atoms with Crippen molar-refractivity contribution in [2.24, 2.45) is 5.92 Å². The fourth-order valence-electron chi connectivity index (χ4n) is 2.28. The Morgan fingerprint density at radius 2 is 1.95 bits per heavy atom. The first kappa shape index (κ1) is 14.1. The fraction of sp³-hybridized carbons (Fsp3) is 0.438. The van der Waals surface area contributed by atoms with E-state index in [1.54, 1.807) is 11.3 Å².